The number of rotatable bonds is 7. The molecule has 0 spiro atoms. The molecule has 170 valence electrons. The molecule has 0 amide bonds. The van der Waals surface area contributed by atoms with Gasteiger partial charge in [0.15, 0.2) is 5.78 Å². The number of Topliss-reactive ketones (excluding diaryl/α,β-unsaturated/α-hetero) is 1. The van der Waals surface area contributed by atoms with E-state index >= 15 is 0 Å². The second kappa shape index (κ2) is 10.4. The van der Waals surface area contributed by atoms with E-state index in [4.69, 9.17) is 18.9 Å². The Balaban J connectivity index is 2.14. The summed E-state index contributed by atoms with van der Waals surface area (Å²) in [5, 5.41) is 0. The maximum atomic E-state index is 13.6. The molecule has 0 aliphatic carbocycles. The molecule has 0 saturated carbocycles. The lowest BCUT2D eigenvalue weighted by Crippen LogP contribution is -2.41. The zero-order chi connectivity index (χ0) is 23.3. The van der Waals surface area contributed by atoms with Crippen molar-refractivity contribution in [2.24, 2.45) is 0 Å². The van der Waals surface area contributed by atoms with Crippen LogP contribution in [0.5, 0.6) is 23.0 Å². The molecule has 3 rings (SSSR count). The maximum absolute atomic E-state index is 13.6. The Morgan fingerprint density at radius 3 is 1.34 bits per heavy atom. The van der Waals surface area contributed by atoms with Gasteiger partial charge in [0.05, 0.1) is 39.6 Å². The van der Waals surface area contributed by atoms with Gasteiger partial charge >= 0.3 is 0 Å². The first-order valence-corrected chi connectivity index (χ1v) is 10.5. The molecular weight excluding hydrogens is 406 g/mol. The minimum Gasteiger partial charge on any atom is -0.496 e. The number of nitrogens with zero attached hydrogens (tertiary/aromatic N) is 1. The molecule has 6 heteroatoms. The first-order valence-electron chi connectivity index (χ1n) is 10.5. The molecule has 2 aromatic rings. The Morgan fingerprint density at radius 2 is 1.06 bits per heavy atom. The fraction of sp³-hybridized carbons (Fsp3) is 0.346. The quantitative estimate of drug-likeness (QED) is 0.596. The second-order valence-electron chi connectivity index (χ2n) is 7.82. The fourth-order valence-corrected chi connectivity index (χ4v) is 3.82. The molecular formula is C26H31NO5. The van der Waals surface area contributed by atoms with E-state index in [1.807, 2.05) is 48.6 Å². The van der Waals surface area contributed by atoms with Gasteiger partial charge in [-0.05, 0) is 50.3 Å². The van der Waals surface area contributed by atoms with E-state index in [2.05, 4.69) is 18.7 Å². The van der Waals surface area contributed by atoms with Gasteiger partial charge in [0.1, 0.15) is 23.0 Å². The van der Waals surface area contributed by atoms with Crippen molar-refractivity contribution >= 4 is 17.9 Å². The number of ether oxygens (including phenoxy) is 4. The number of likely N-dealkylation sites (tertiary alicyclic amines) is 1. The number of hydrogen-bond donors (Lipinski definition) is 0. The standard InChI is InChI=1S/C26H31NO5/c1-17(2)27-15-18(13-20-22(29-3)9-7-10-23(20)30-4)26(28)19(16-27)14-21-24(31-5)11-8-12-25(21)32-6/h7-14,17H,15-16H2,1-6H3/b18-13+,19-14+. The Morgan fingerprint density at radius 1 is 0.719 bits per heavy atom. The Hall–Kier alpha value is -3.25. The third-order valence-electron chi connectivity index (χ3n) is 5.63. The summed E-state index contributed by atoms with van der Waals surface area (Å²) >= 11 is 0. The molecule has 1 aliphatic rings. The van der Waals surface area contributed by atoms with Crippen LogP contribution in [0.15, 0.2) is 47.5 Å². The molecule has 1 saturated heterocycles. The average molecular weight is 438 g/mol. The molecule has 0 atom stereocenters. The van der Waals surface area contributed by atoms with E-state index < -0.39 is 0 Å². The predicted octanol–water partition coefficient (Wildman–Crippen LogP) is 4.48. The van der Waals surface area contributed by atoms with Crippen molar-refractivity contribution in [3.63, 3.8) is 0 Å². The summed E-state index contributed by atoms with van der Waals surface area (Å²) in [5.41, 5.74) is 2.85. The number of benzene rings is 2. The highest BCUT2D eigenvalue weighted by atomic mass is 16.5. The van der Waals surface area contributed by atoms with Gasteiger partial charge in [0.25, 0.3) is 0 Å². The smallest absolute Gasteiger partial charge is 0.187 e. The van der Waals surface area contributed by atoms with Crippen molar-refractivity contribution in [3.05, 3.63) is 58.7 Å². The second-order valence-corrected chi connectivity index (χ2v) is 7.82. The molecule has 1 heterocycles. The summed E-state index contributed by atoms with van der Waals surface area (Å²) < 4.78 is 22.1. The predicted molar refractivity (Wildman–Crippen MR) is 127 cm³/mol. The minimum atomic E-state index is -0.0113. The number of carbonyl (C=O) groups excluding carboxylic acids is 1. The van der Waals surface area contributed by atoms with Crippen molar-refractivity contribution in [2.75, 3.05) is 41.5 Å². The van der Waals surface area contributed by atoms with Crippen molar-refractivity contribution in [1.82, 2.24) is 4.90 Å². The van der Waals surface area contributed by atoms with E-state index in [1.54, 1.807) is 28.4 Å². The van der Waals surface area contributed by atoms with Crippen LogP contribution in [0.4, 0.5) is 0 Å². The molecule has 1 fully saturated rings. The number of methoxy groups -OCH3 is 4. The van der Waals surface area contributed by atoms with E-state index in [1.165, 1.54) is 0 Å². The van der Waals surface area contributed by atoms with E-state index in [0.717, 1.165) is 11.1 Å². The molecule has 32 heavy (non-hydrogen) atoms. The summed E-state index contributed by atoms with van der Waals surface area (Å²) in [4.78, 5) is 15.8. The fourth-order valence-electron chi connectivity index (χ4n) is 3.82. The number of ketones is 1. The van der Waals surface area contributed by atoms with Gasteiger partial charge in [-0.15, -0.1) is 0 Å². The van der Waals surface area contributed by atoms with Crippen molar-refractivity contribution < 1.29 is 23.7 Å². The third-order valence-corrected chi connectivity index (χ3v) is 5.63. The molecule has 2 aromatic carbocycles. The van der Waals surface area contributed by atoms with Crippen LogP contribution in [0.3, 0.4) is 0 Å². The average Bonchev–Trinajstić information content (AvgIpc) is 2.81. The number of hydrogen-bond acceptors (Lipinski definition) is 6. The highest BCUT2D eigenvalue weighted by molar-refractivity contribution is 6.15. The number of carbonyl (C=O) groups is 1. The first kappa shape index (κ1) is 23.4. The van der Waals surface area contributed by atoms with E-state index in [0.29, 0.717) is 47.2 Å². The van der Waals surface area contributed by atoms with Crippen LogP contribution < -0.4 is 18.9 Å². The Bertz CT molecular complexity index is 917. The van der Waals surface area contributed by atoms with E-state index in [-0.39, 0.29) is 11.8 Å². The Labute approximate surface area is 190 Å². The van der Waals surface area contributed by atoms with Crippen molar-refractivity contribution in [2.45, 2.75) is 19.9 Å². The number of piperidine rings is 1. The van der Waals surface area contributed by atoms with Crippen molar-refractivity contribution in [1.29, 1.82) is 0 Å². The van der Waals surface area contributed by atoms with Gasteiger partial charge in [-0.3, -0.25) is 9.69 Å². The zero-order valence-corrected chi connectivity index (χ0v) is 19.6. The third kappa shape index (κ3) is 4.81. The van der Waals surface area contributed by atoms with Crippen LogP contribution in [-0.4, -0.2) is 58.3 Å². The van der Waals surface area contributed by atoms with E-state index in [9.17, 15) is 4.79 Å². The zero-order valence-electron chi connectivity index (χ0n) is 19.6. The summed E-state index contributed by atoms with van der Waals surface area (Å²) in [6.45, 7) is 5.33. The largest absolute Gasteiger partial charge is 0.496 e. The highest BCUT2D eigenvalue weighted by Gasteiger charge is 2.29. The topological polar surface area (TPSA) is 57.2 Å². The maximum Gasteiger partial charge on any atom is 0.187 e. The van der Waals surface area contributed by atoms with Crippen LogP contribution in [0.2, 0.25) is 0 Å². The molecule has 0 bridgehead atoms. The molecule has 0 unspecified atom stereocenters. The van der Waals surface area contributed by atoms with Gasteiger partial charge < -0.3 is 18.9 Å². The molecule has 6 nitrogen and oxygen atoms in total. The summed E-state index contributed by atoms with van der Waals surface area (Å²) in [6.07, 6.45) is 3.75. The molecule has 0 N–H and O–H groups in total. The lowest BCUT2D eigenvalue weighted by Gasteiger charge is -2.33. The minimum absolute atomic E-state index is 0.0113. The van der Waals surface area contributed by atoms with Gasteiger partial charge in [-0.2, -0.15) is 0 Å². The normalized spacial score (nSPS) is 17.2. The van der Waals surface area contributed by atoms with Crippen LogP contribution in [-0.2, 0) is 4.79 Å². The lowest BCUT2D eigenvalue weighted by atomic mass is 9.92. The highest BCUT2D eigenvalue weighted by Crippen LogP contribution is 2.35. The summed E-state index contributed by atoms with van der Waals surface area (Å²) in [5.74, 6) is 2.61. The van der Waals surface area contributed by atoms with Crippen LogP contribution >= 0.6 is 0 Å². The molecule has 1 aliphatic heterocycles. The van der Waals surface area contributed by atoms with Gasteiger partial charge in [-0.1, -0.05) is 12.1 Å². The van der Waals surface area contributed by atoms with Crippen molar-refractivity contribution in [3.8, 4) is 23.0 Å². The van der Waals surface area contributed by atoms with Gasteiger partial charge in [0, 0.05) is 30.3 Å². The van der Waals surface area contributed by atoms with Crippen LogP contribution in [0.25, 0.3) is 12.2 Å². The van der Waals surface area contributed by atoms with Gasteiger partial charge in [-0.25, -0.2) is 0 Å². The Kier molecular flexibility index (Phi) is 7.59. The van der Waals surface area contributed by atoms with Crippen LogP contribution in [0.1, 0.15) is 25.0 Å². The van der Waals surface area contributed by atoms with Gasteiger partial charge in [0.2, 0.25) is 0 Å². The monoisotopic (exact) mass is 437 g/mol. The first-order chi connectivity index (χ1) is 15.4. The molecule has 0 radical (unpaired) electrons. The summed E-state index contributed by atoms with van der Waals surface area (Å²) in [6, 6.07) is 11.4. The lowest BCUT2D eigenvalue weighted by molar-refractivity contribution is -0.113. The molecule has 0 aromatic heterocycles. The van der Waals surface area contributed by atoms with Crippen LogP contribution in [0, 0.1) is 0 Å². The SMILES string of the molecule is COc1cccc(OC)c1/C=C1\CN(C(C)C)C/C(=C\c2c(OC)cccc2OC)C1=O. The summed E-state index contributed by atoms with van der Waals surface area (Å²) in [7, 11) is 6.44.